The molecule has 4 rings (SSSR count). The fraction of sp³-hybridized carbons (Fsp3) is 0.864. The first kappa shape index (κ1) is 16.7. The predicted molar refractivity (Wildman–Crippen MR) is 98.5 cm³/mol. The zero-order valence-electron chi connectivity index (χ0n) is 15.9. The highest BCUT2D eigenvalue weighted by molar-refractivity contribution is 5.73. The van der Waals surface area contributed by atoms with Gasteiger partial charge in [-0.3, -0.25) is 4.79 Å². The van der Waals surface area contributed by atoms with Crippen molar-refractivity contribution >= 4 is 5.91 Å². The Morgan fingerprint density at radius 1 is 1.21 bits per heavy atom. The molecule has 4 aliphatic carbocycles. The van der Waals surface area contributed by atoms with Gasteiger partial charge in [0.1, 0.15) is 0 Å². The summed E-state index contributed by atoms with van der Waals surface area (Å²) in [6, 6.07) is 0.426. The number of hydrogen-bond donors (Lipinski definition) is 1. The van der Waals surface area contributed by atoms with E-state index in [2.05, 4.69) is 25.2 Å². The Labute approximate surface area is 147 Å². The molecule has 1 amide bonds. The maximum atomic E-state index is 11.7. The summed E-state index contributed by atoms with van der Waals surface area (Å²) in [6.45, 7) is 6.66. The van der Waals surface area contributed by atoms with Crippen molar-refractivity contribution in [2.75, 3.05) is 0 Å². The Morgan fingerprint density at radius 2 is 2.04 bits per heavy atom. The number of carbonyl (C=O) groups is 1. The molecule has 0 aromatic carbocycles. The number of hydrogen-bond acceptors (Lipinski definition) is 1. The average Bonchev–Trinajstić information content (AvgIpc) is 2.93. The van der Waals surface area contributed by atoms with E-state index in [1.54, 1.807) is 12.5 Å². The summed E-state index contributed by atoms with van der Waals surface area (Å²) in [6.07, 6.45) is 16.1. The highest BCUT2D eigenvalue weighted by Crippen LogP contribution is 2.65. The van der Waals surface area contributed by atoms with Crippen LogP contribution < -0.4 is 5.32 Å². The second-order valence-electron chi connectivity index (χ2n) is 9.42. The number of carbonyl (C=O) groups excluding carboxylic acids is 1. The van der Waals surface area contributed by atoms with E-state index in [4.69, 9.17) is 0 Å². The fourth-order valence-electron chi connectivity index (χ4n) is 7.66. The van der Waals surface area contributed by atoms with Gasteiger partial charge in [-0.2, -0.15) is 0 Å². The lowest BCUT2D eigenvalue weighted by Gasteiger charge is -2.58. The van der Waals surface area contributed by atoms with Gasteiger partial charge < -0.3 is 5.32 Å². The van der Waals surface area contributed by atoms with E-state index in [9.17, 15) is 4.79 Å². The normalized spacial score (nSPS) is 47.2. The van der Waals surface area contributed by atoms with Crippen LogP contribution in [0.1, 0.15) is 85.0 Å². The summed E-state index contributed by atoms with van der Waals surface area (Å²) in [5, 5.41) is 3.34. The molecule has 24 heavy (non-hydrogen) atoms. The molecule has 2 nitrogen and oxygen atoms in total. The number of nitrogens with one attached hydrogen (secondary N) is 1. The molecule has 0 saturated heterocycles. The van der Waals surface area contributed by atoms with Gasteiger partial charge in [-0.25, -0.2) is 0 Å². The van der Waals surface area contributed by atoms with Gasteiger partial charge in [0.25, 0.3) is 0 Å². The molecule has 3 saturated carbocycles. The summed E-state index contributed by atoms with van der Waals surface area (Å²) >= 11 is 0. The van der Waals surface area contributed by atoms with Gasteiger partial charge in [0.05, 0.1) is 0 Å². The highest BCUT2D eigenvalue weighted by Gasteiger charge is 2.59. The van der Waals surface area contributed by atoms with Crippen LogP contribution in [0.5, 0.6) is 0 Å². The van der Waals surface area contributed by atoms with Crippen molar-refractivity contribution in [3.8, 4) is 0 Å². The Morgan fingerprint density at radius 3 is 2.79 bits per heavy atom. The van der Waals surface area contributed by atoms with Crippen LogP contribution in [0.2, 0.25) is 0 Å². The first-order chi connectivity index (χ1) is 11.5. The second-order valence-corrected chi connectivity index (χ2v) is 9.42. The monoisotopic (exact) mass is 329 g/mol. The Balaban J connectivity index is 1.65. The molecular weight excluding hydrogens is 294 g/mol. The van der Waals surface area contributed by atoms with Gasteiger partial charge in [-0.15, -0.1) is 0 Å². The molecular formula is C22H35NO. The zero-order valence-corrected chi connectivity index (χ0v) is 15.9. The SMILES string of the molecule is CC[C@]12CC[C@H]3[C@@H](CC=C4CCCC[C@@]43C)[C@@H]1CCC2NC(C)=O. The molecule has 6 atom stereocenters. The van der Waals surface area contributed by atoms with Crippen LogP contribution in [0.15, 0.2) is 11.6 Å². The van der Waals surface area contributed by atoms with Crippen LogP contribution in [0, 0.1) is 28.6 Å². The van der Waals surface area contributed by atoms with E-state index in [0.717, 1.165) is 17.8 Å². The average molecular weight is 330 g/mol. The van der Waals surface area contributed by atoms with Crippen molar-refractivity contribution in [1.82, 2.24) is 5.32 Å². The minimum atomic E-state index is 0.167. The molecule has 0 aliphatic heterocycles. The van der Waals surface area contributed by atoms with Crippen LogP contribution >= 0.6 is 0 Å². The van der Waals surface area contributed by atoms with E-state index in [1.165, 1.54) is 64.2 Å². The third-order valence-corrected chi connectivity index (χ3v) is 8.77. The van der Waals surface area contributed by atoms with Gasteiger partial charge in [0.15, 0.2) is 0 Å². The van der Waals surface area contributed by atoms with E-state index in [1.807, 2.05) is 0 Å². The minimum absolute atomic E-state index is 0.167. The summed E-state index contributed by atoms with van der Waals surface area (Å²) in [7, 11) is 0. The lowest BCUT2D eigenvalue weighted by atomic mass is 9.47. The molecule has 2 heteroatoms. The summed E-state index contributed by atoms with van der Waals surface area (Å²) < 4.78 is 0. The molecule has 1 unspecified atom stereocenters. The van der Waals surface area contributed by atoms with E-state index in [0.29, 0.717) is 16.9 Å². The summed E-state index contributed by atoms with van der Waals surface area (Å²) in [5.41, 5.74) is 2.67. The van der Waals surface area contributed by atoms with Crippen LogP contribution in [-0.2, 0) is 4.79 Å². The second kappa shape index (κ2) is 5.88. The van der Waals surface area contributed by atoms with Crippen LogP contribution in [-0.4, -0.2) is 11.9 Å². The Hall–Kier alpha value is -0.790. The van der Waals surface area contributed by atoms with Crippen molar-refractivity contribution in [3.05, 3.63) is 11.6 Å². The highest BCUT2D eigenvalue weighted by atomic mass is 16.1. The molecule has 134 valence electrons. The smallest absolute Gasteiger partial charge is 0.217 e. The first-order valence-electron chi connectivity index (χ1n) is 10.5. The van der Waals surface area contributed by atoms with E-state index >= 15 is 0 Å². The number of allylic oxidation sites excluding steroid dienone is 2. The molecule has 0 aromatic heterocycles. The Kier molecular flexibility index (Phi) is 4.09. The van der Waals surface area contributed by atoms with Crippen molar-refractivity contribution in [3.63, 3.8) is 0 Å². The minimum Gasteiger partial charge on any atom is -0.353 e. The van der Waals surface area contributed by atoms with E-state index < -0.39 is 0 Å². The zero-order chi connectivity index (χ0) is 16.9. The standard InChI is InChI=1S/C22H35NO/c1-4-22-14-12-18-17(19(22)10-11-20(22)23-15(2)24)9-8-16-7-5-6-13-21(16,18)3/h8,17-20H,4-7,9-14H2,1-3H3,(H,23,24)/t17-,18+,19+,20?,21+,22+/m1/s1. The topological polar surface area (TPSA) is 29.1 Å². The van der Waals surface area contributed by atoms with Gasteiger partial charge in [0.2, 0.25) is 5.91 Å². The Bertz CT molecular complexity index is 552. The van der Waals surface area contributed by atoms with Crippen LogP contribution in [0.4, 0.5) is 0 Å². The van der Waals surface area contributed by atoms with Crippen molar-refractivity contribution < 1.29 is 4.79 Å². The van der Waals surface area contributed by atoms with Gasteiger partial charge in [0, 0.05) is 13.0 Å². The van der Waals surface area contributed by atoms with Gasteiger partial charge >= 0.3 is 0 Å². The molecule has 0 bridgehead atoms. The van der Waals surface area contributed by atoms with Crippen molar-refractivity contribution in [2.24, 2.45) is 28.6 Å². The van der Waals surface area contributed by atoms with Crippen LogP contribution in [0.3, 0.4) is 0 Å². The molecule has 0 radical (unpaired) electrons. The number of rotatable bonds is 2. The van der Waals surface area contributed by atoms with Gasteiger partial charge in [-0.1, -0.05) is 31.9 Å². The maximum absolute atomic E-state index is 11.7. The number of fused-ring (bicyclic) bond motifs is 5. The third-order valence-electron chi connectivity index (χ3n) is 8.77. The molecule has 0 spiro atoms. The van der Waals surface area contributed by atoms with Gasteiger partial charge in [-0.05, 0) is 86.4 Å². The largest absolute Gasteiger partial charge is 0.353 e. The quantitative estimate of drug-likeness (QED) is 0.690. The van der Waals surface area contributed by atoms with Crippen molar-refractivity contribution in [2.45, 2.75) is 91.0 Å². The molecule has 0 heterocycles. The lowest BCUT2D eigenvalue weighted by Crippen LogP contribution is -2.54. The van der Waals surface area contributed by atoms with E-state index in [-0.39, 0.29) is 5.91 Å². The third kappa shape index (κ3) is 2.24. The van der Waals surface area contributed by atoms with Crippen LogP contribution in [0.25, 0.3) is 0 Å². The molecule has 4 aliphatic rings. The summed E-state index contributed by atoms with van der Waals surface area (Å²) in [5.74, 6) is 2.76. The maximum Gasteiger partial charge on any atom is 0.217 e. The molecule has 1 N–H and O–H groups in total. The number of amides is 1. The molecule has 0 aromatic rings. The summed E-state index contributed by atoms with van der Waals surface area (Å²) in [4.78, 5) is 11.7. The van der Waals surface area contributed by atoms with Crippen molar-refractivity contribution in [1.29, 1.82) is 0 Å². The first-order valence-corrected chi connectivity index (χ1v) is 10.5. The molecule has 3 fully saturated rings. The predicted octanol–water partition coefficient (Wildman–Crippen LogP) is 5.23. The lowest BCUT2D eigenvalue weighted by molar-refractivity contribution is -0.121. The fourth-order valence-corrected chi connectivity index (χ4v) is 7.66.